The van der Waals surface area contributed by atoms with Gasteiger partial charge in [0.1, 0.15) is 6.04 Å². The van der Waals surface area contributed by atoms with Gasteiger partial charge in [-0.25, -0.2) is 4.68 Å². The number of nitrogens with zero attached hydrogens (tertiary/aromatic N) is 3. The molecule has 1 amide bonds. The fraction of sp³-hybridized carbons (Fsp3) is 0.105. The minimum Gasteiger partial charge on any atom is -0.366 e. The van der Waals surface area contributed by atoms with Crippen LogP contribution in [0.25, 0.3) is 11.4 Å². The zero-order chi connectivity index (χ0) is 20.9. The molecular formula is C19H13Cl4N5O. The Labute approximate surface area is 186 Å². The molecule has 0 saturated carbocycles. The maximum atomic E-state index is 12.3. The molecule has 148 valence electrons. The van der Waals surface area contributed by atoms with Gasteiger partial charge in [0.15, 0.2) is 5.82 Å². The van der Waals surface area contributed by atoms with Crippen LogP contribution in [0.3, 0.4) is 0 Å². The van der Waals surface area contributed by atoms with E-state index in [4.69, 9.17) is 52.1 Å². The van der Waals surface area contributed by atoms with Crippen molar-refractivity contribution in [2.45, 2.75) is 13.0 Å². The lowest BCUT2D eigenvalue weighted by Gasteiger charge is -2.28. The predicted octanol–water partition coefficient (Wildman–Crippen LogP) is 5.33. The van der Waals surface area contributed by atoms with Crippen molar-refractivity contribution < 1.29 is 4.79 Å². The number of nitrogens with two attached hydrogens (primary N) is 1. The van der Waals surface area contributed by atoms with Crippen molar-refractivity contribution in [3.63, 3.8) is 0 Å². The number of rotatable bonds is 3. The van der Waals surface area contributed by atoms with E-state index in [2.05, 4.69) is 15.4 Å². The van der Waals surface area contributed by atoms with Crippen LogP contribution in [0.1, 0.15) is 18.5 Å². The van der Waals surface area contributed by atoms with E-state index < -0.39 is 11.9 Å². The van der Waals surface area contributed by atoms with Crippen LogP contribution in [0.4, 0.5) is 5.95 Å². The monoisotopic (exact) mass is 467 g/mol. The van der Waals surface area contributed by atoms with Crippen LogP contribution < -0.4 is 11.1 Å². The molecule has 10 heteroatoms. The molecule has 0 radical (unpaired) electrons. The highest BCUT2D eigenvalue weighted by molar-refractivity contribution is 6.42. The SMILES string of the molecule is CC1=C(C(N)=O)C(c2cccc(Cl)c2Cl)n2nc(-c3ccc(Cl)cc3Cl)nc2N1. The number of nitrogens with one attached hydrogen (secondary N) is 1. The fourth-order valence-corrected chi connectivity index (χ4v) is 4.18. The number of amides is 1. The summed E-state index contributed by atoms with van der Waals surface area (Å²) < 4.78 is 1.55. The second-order valence-corrected chi connectivity index (χ2v) is 8.03. The number of hydrogen-bond acceptors (Lipinski definition) is 4. The first-order chi connectivity index (χ1) is 13.8. The molecule has 2 aromatic carbocycles. The number of carbonyl (C=O) groups excluding carboxylic acids is 1. The van der Waals surface area contributed by atoms with Gasteiger partial charge in [0.25, 0.3) is 0 Å². The number of fused-ring (bicyclic) bond motifs is 1. The van der Waals surface area contributed by atoms with Gasteiger partial charge >= 0.3 is 0 Å². The third kappa shape index (κ3) is 3.46. The van der Waals surface area contributed by atoms with Gasteiger partial charge in [-0.05, 0) is 31.2 Å². The van der Waals surface area contributed by atoms with Crippen molar-refractivity contribution in [3.05, 3.63) is 73.3 Å². The third-order valence-corrected chi connectivity index (χ3v) is 5.95. The molecule has 0 fully saturated rings. The molecular weight excluding hydrogens is 456 g/mol. The Hall–Kier alpha value is -2.25. The van der Waals surface area contributed by atoms with Crippen LogP contribution in [0.2, 0.25) is 20.1 Å². The summed E-state index contributed by atoms with van der Waals surface area (Å²) in [7, 11) is 0. The van der Waals surface area contributed by atoms with Gasteiger partial charge < -0.3 is 11.1 Å². The standard InChI is InChI=1S/C19H13Cl4N5O/c1-8-14(17(24)29)16(11-3-2-4-12(21)15(11)23)28-19(25-8)26-18(27-28)10-6-5-9(20)7-13(10)22/h2-7,16H,1H3,(H2,24,29)(H,25,26,27). The molecule has 0 bridgehead atoms. The molecule has 1 aliphatic rings. The highest BCUT2D eigenvalue weighted by Gasteiger charge is 2.35. The maximum absolute atomic E-state index is 12.3. The van der Waals surface area contributed by atoms with Gasteiger partial charge in [0.2, 0.25) is 11.9 Å². The number of primary amides is 1. The zero-order valence-electron chi connectivity index (χ0n) is 14.9. The number of anilines is 1. The Morgan fingerprint density at radius 1 is 1.14 bits per heavy atom. The van der Waals surface area contributed by atoms with E-state index in [0.717, 1.165) is 0 Å². The summed E-state index contributed by atoms with van der Waals surface area (Å²) in [5.41, 5.74) is 7.70. The van der Waals surface area contributed by atoms with Gasteiger partial charge in [-0.15, -0.1) is 5.10 Å². The first-order valence-corrected chi connectivity index (χ1v) is 9.92. The minimum absolute atomic E-state index is 0.306. The summed E-state index contributed by atoms with van der Waals surface area (Å²) in [6.45, 7) is 1.73. The average molecular weight is 469 g/mol. The molecule has 4 rings (SSSR count). The normalized spacial score (nSPS) is 15.8. The van der Waals surface area contributed by atoms with Crippen LogP contribution >= 0.6 is 46.4 Å². The van der Waals surface area contributed by atoms with Crippen molar-refractivity contribution in [1.29, 1.82) is 0 Å². The molecule has 3 aromatic rings. The van der Waals surface area contributed by atoms with Crippen molar-refractivity contribution >= 4 is 58.3 Å². The number of aromatic nitrogens is 3. The summed E-state index contributed by atoms with van der Waals surface area (Å²) in [5.74, 6) is 0.161. The first kappa shape index (κ1) is 20.0. The second kappa shape index (κ2) is 7.54. The molecule has 1 aromatic heterocycles. The lowest BCUT2D eigenvalue weighted by atomic mass is 9.95. The Bertz CT molecular complexity index is 1190. The van der Waals surface area contributed by atoms with Gasteiger partial charge in [-0.1, -0.05) is 58.5 Å². The van der Waals surface area contributed by atoms with Gasteiger partial charge in [0.05, 0.1) is 20.6 Å². The van der Waals surface area contributed by atoms with Gasteiger partial charge in [-0.2, -0.15) is 4.98 Å². The number of hydrogen-bond donors (Lipinski definition) is 2. The van der Waals surface area contributed by atoms with E-state index >= 15 is 0 Å². The summed E-state index contributed by atoms with van der Waals surface area (Å²) >= 11 is 25.0. The third-order valence-electron chi connectivity index (χ3n) is 4.57. The van der Waals surface area contributed by atoms with Crippen LogP contribution in [0.5, 0.6) is 0 Å². The molecule has 2 heterocycles. The van der Waals surface area contributed by atoms with Gasteiger partial charge in [0, 0.05) is 21.8 Å². The first-order valence-electron chi connectivity index (χ1n) is 8.41. The van der Waals surface area contributed by atoms with E-state index in [1.165, 1.54) is 0 Å². The van der Waals surface area contributed by atoms with Crippen LogP contribution in [-0.2, 0) is 4.79 Å². The highest BCUT2D eigenvalue weighted by Crippen LogP contribution is 2.41. The number of halogens is 4. The Kier molecular flexibility index (Phi) is 5.21. The number of benzene rings is 2. The minimum atomic E-state index is -0.706. The van der Waals surface area contributed by atoms with Crippen LogP contribution in [0.15, 0.2) is 47.7 Å². The van der Waals surface area contributed by atoms with E-state index in [1.807, 2.05) is 0 Å². The fourth-order valence-electron chi connectivity index (χ4n) is 3.27. The lowest BCUT2D eigenvalue weighted by molar-refractivity contribution is -0.115. The van der Waals surface area contributed by atoms with Gasteiger partial charge in [-0.3, -0.25) is 4.79 Å². The largest absolute Gasteiger partial charge is 0.366 e. The number of allylic oxidation sites excluding steroid dienone is 1. The Morgan fingerprint density at radius 3 is 2.59 bits per heavy atom. The van der Waals surface area contributed by atoms with Crippen LogP contribution in [0, 0.1) is 0 Å². The number of carbonyl (C=O) groups is 1. The zero-order valence-corrected chi connectivity index (χ0v) is 17.9. The molecule has 1 aliphatic heterocycles. The summed E-state index contributed by atoms with van der Waals surface area (Å²) in [6.07, 6.45) is 0. The van der Waals surface area contributed by atoms with Crippen LogP contribution in [-0.4, -0.2) is 20.7 Å². The quantitative estimate of drug-likeness (QED) is 0.543. The van der Waals surface area contributed by atoms with Crippen molar-refractivity contribution in [2.24, 2.45) is 5.73 Å². The topological polar surface area (TPSA) is 85.8 Å². The van der Waals surface area contributed by atoms with Crippen molar-refractivity contribution in [2.75, 3.05) is 5.32 Å². The molecule has 3 N–H and O–H groups in total. The van der Waals surface area contributed by atoms with Crippen molar-refractivity contribution in [1.82, 2.24) is 14.8 Å². The molecule has 6 nitrogen and oxygen atoms in total. The van der Waals surface area contributed by atoms with E-state index in [-0.39, 0.29) is 0 Å². The molecule has 29 heavy (non-hydrogen) atoms. The highest BCUT2D eigenvalue weighted by atomic mass is 35.5. The maximum Gasteiger partial charge on any atom is 0.248 e. The molecule has 1 atom stereocenters. The molecule has 0 spiro atoms. The van der Waals surface area contributed by atoms with E-state index in [1.54, 1.807) is 48.0 Å². The van der Waals surface area contributed by atoms with E-state index in [0.29, 0.717) is 54.3 Å². The van der Waals surface area contributed by atoms with Crippen molar-refractivity contribution in [3.8, 4) is 11.4 Å². The Morgan fingerprint density at radius 2 is 1.90 bits per heavy atom. The molecule has 0 saturated heterocycles. The average Bonchev–Trinajstić information content (AvgIpc) is 3.06. The predicted molar refractivity (Wildman–Crippen MR) is 116 cm³/mol. The Balaban J connectivity index is 1.94. The summed E-state index contributed by atoms with van der Waals surface area (Å²) in [6, 6.07) is 9.49. The summed E-state index contributed by atoms with van der Waals surface area (Å²) in [4.78, 5) is 16.8. The molecule has 1 unspecified atom stereocenters. The molecule has 0 aliphatic carbocycles. The second-order valence-electron chi connectivity index (χ2n) is 6.40. The smallest absolute Gasteiger partial charge is 0.248 e. The summed E-state index contributed by atoms with van der Waals surface area (Å²) in [5, 5.41) is 9.21. The lowest BCUT2D eigenvalue weighted by Crippen LogP contribution is -2.32. The van der Waals surface area contributed by atoms with E-state index in [9.17, 15) is 4.79 Å².